The molecule has 6 heteroatoms. The molecule has 1 amide bonds. The summed E-state index contributed by atoms with van der Waals surface area (Å²) < 4.78 is 0. The summed E-state index contributed by atoms with van der Waals surface area (Å²) >= 11 is 11.8. The summed E-state index contributed by atoms with van der Waals surface area (Å²) in [6.45, 7) is 1.34. The lowest BCUT2D eigenvalue weighted by Crippen LogP contribution is -2.36. The molecule has 0 N–H and O–H groups in total. The fraction of sp³-hybridized carbons (Fsp3) is 0.250. The van der Waals surface area contributed by atoms with Crippen molar-refractivity contribution in [2.75, 3.05) is 13.1 Å². The van der Waals surface area contributed by atoms with Gasteiger partial charge in [-0.2, -0.15) is 0 Å². The molecule has 1 heterocycles. The van der Waals surface area contributed by atoms with E-state index in [1.165, 1.54) is 24.3 Å². The second-order valence-electron chi connectivity index (χ2n) is 6.19. The molecule has 0 unspecified atom stereocenters. The van der Waals surface area contributed by atoms with Crippen molar-refractivity contribution < 1.29 is 14.4 Å². The normalized spacial score (nSPS) is 14.2. The van der Waals surface area contributed by atoms with Crippen molar-refractivity contribution in [2.24, 2.45) is 0 Å². The second-order valence-corrected chi connectivity index (χ2v) is 7.00. The Morgan fingerprint density at radius 1 is 0.769 bits per heavy atom. The molecule has 1 fully saturated rings. The zero-order valence-electron chi connectivity index (χ0n) is 14.0. The van der Waals surface area contributed by atoms with Crippen LogP contribution in [-0.2, 0) is 0 Å². The van der Waals surface area contributed by atoms with Gasteiger partial charge in [0.15, 0.2) is 0 Å². The van der Waals surface area contributed by atoms with Crippen molar-refractivity contribution in [2.45, 2.75) is 19.3 Å². The van der Waals surface area contributed by atoms with Crippen molar-refractivity contribution in [3.8, 4) is 0 Å². The average Bonchev–Trinajstić information content (AvgIpc) is 2.69. The van der Waals surface area contributed by atoms with E-state index in [4.69, 9.17) is 23.2 Å². The number of halogens is 2. The highest BCUT2D eigenvalue weighted by Crippen LogP contribution is 2.24. The molecule has 134 valence electrons. The number of likely N-dealkylation sites (tertiary alicyclic amines) is 1. The Bertz CT molecular complexity index is 873. The lowest BCUT2D eigenvalue weighted by molar-refractivity contribution is 0.0718. The van der Waals surface area contributed by atoms with Crippen molar-refractivity contribution >= 4 is 40.7 Å². The highest BCUT2D eigenvalue weighted by molar-refractivity contribution is 6.51. The third kappa shape index (κ3) is 3.81. The van der Waals surface area contributed by atoms with Gasteiger partial charge in [-0.05, 0) is 43.5 Å². The molecule has 0 aliphatic carbocycles. The van der Waals surface area contributed by atoms with Gasteiger partial charge in [-0.25, -0.2) is 0 Å². The highest BCUT2D eigenvalue weighted by atomic mass is 35.5. The number of Topliss-reactive ketones (excluding diaryl/α,β-unsaturated/α-hetero) is 2. The summed E-state index contributed by atoms with van der Waals surface area (Å²) in [5.74, 6) is -1.66. The maximum absolute atomic E-state index is 12.8. The van der Waals surface area contributed by atoms with E-state index < -0.39 is 11.6 Å². The summed E-state index contributed by atoms with van der Waals surface area (Å²) in [6.07, 6.45) is 2.99. The fourth-order valence-corrected chi connectivity index (χ4v) is 3.32. The topological polar surface area (TPSA) is 54.5 Å². The van der Waals surface area contributed by atoms with Crippen LogP contribution in [0.4, 0.5) is 0 Å². The van der Waals surface area contributed by atoms with Crippen LogP contribution < -0.4 is 0 Å². The van der Waals surface area contributed by atoms with E-state index >= 15 is 0 Å². The monoisotopic (exact) mass is 389 g/mol. The zero-order chi connectivity index (χ0) is 18.7. The lowest BCUT2D eigenvalue weighted by atomic mass is 9.96. The van der Waals surface area contributed by atoms with Crippen LogP contribution >= 0.6 is 23.2 Å². The Balaban J connectivity index is 1.91. The van der Waals surface area contributed by atoms with Crippen LogP contribution in [0.15, 0.2) is 42.5 Å². The van der Waals surface area contributed by atoms with Gasteiger partial charge in [0.05, 0.1) is 15.6 Å². The van der Waals surface area contributed by atoms with Crippen molar-refractivity contribution in [1.82, 2.24) is 4.90 Å². The number of hydrogen-bond acceptors (Lipinski definition) is 3. The van der Waals surface area contributed by atoms with E-state index in [0.717, 1.165) is 19.3 Å². The van der Waals surface area contributed by atoms with E-state index in [-0.39, 0.29) is 27.6 Å². The van der Waals surface area contributed by atoms with Gasteiger partial charge in [-0.3, -0.25) is 14.4 Å². The van der Waals surface area contributed by atoms with E-state index in [2.05, 4.69) is 0 Å². The Morgan fingerprint density at radius 3 is 2.08 bits per heavy atom. The molecule has 0 aromatic heterocycles. The first kappa shape index (κ1) is 18.6. The number of hydrogen-bond donors (Lipinski definition) is 0. The van der Waals surface area contributed by atoms with Gasteiger partial charge in [0.1, 0.15) is 0 Å². The minimum absolute atomic E-state index is 0.110. The van der Waals surface area contributed by atoms with E-state index in [1.54, 1.807) is 23.1 Å². The Labute approximate surface area is 161 Å². The Kier molecular flexibility index (Phi) is 5.74. The third-order valence-corrected chi connectivity index (χ3v) is 5.17. The molecule has 2 aromatic carbocycles. The van der Waals surface area contributed by atoms with Gasteiger partial charge in [-0.15, -0.1) is 0 Å². The largest absolute Gasteiger partial charge is 0.339 e. The molecule has 1 saturated heterocycles. The van der Waals surface area contributed by atoms with E-state index in [9.17, 15) is 14.4 Å². The molecule has 1 aliphatic heterocycles. The molecule has 0 atom stereocenters. The number of nitrogens with zero attached hydrogens (tertiary/aromatic N) is 1. The molecule has 1 aliphatic rings. The first-order valence-corrected chi connectivity index (χ1v) is 9.17. The minimum Gasteiger partial charge on any atom is -0.339 e. The smallest absolute Gasteiger partial charge is 0.254 e. The van der Waals surface area contributed by atoms with Crippen LogP contribution in [0.5, 0.6) is 0 Å². The fourth-order valence-electron chi connectivity index (χ4n) is 3.03. The maximum atomic E-state index is 12.8. The minimum atomic E-state index is -0.732. The quantitative estimate of drug-likeness (QED) is 0.563. The lowest BCUT2D eigenvalue weighted by Gasteiger charge is -2.27. The number of carbonyl (C=O) groups excluding carboxylic acids is 3. The molecule has 0 bridgehead atoms. The second kappa shape index (κ2) is 8.02. The molecule has 4 nitrogen and oxygen atoms in total. The predicted molar refractivity (Wildman–Crippen MR) is 101 cm³/mol. The van der Waals surface area contributed by atoms with Crippen molar-refractivity contribution in [1.29, 1.82) is 0 Å². The number of carbonyl (C=O) groups is 3. The standard InChI is InChI=1S/C20H17Cl2NO3/c21-16-9-8-13(12-17(16)22)18(24)19(25)14-6-2-3-7-15(14)20(26)23-10-4-1-5-11-23/h2-3,6-9,12H,1,4-5,10-11H2. The predicted octanol–water partition coefficient (Wildman–Crippen LogP) is 4.69. The first-order chi connectivity index (χ1) is 12.5. The molecule has 2 aromatic rings. The molecule has 26 heavy (non-hydrogen) atoms. The zero-order valence-corrected chi connectivity index (χ0v) is 15.5. The van der Waals surface area contributed by atoms with Crippen molar-refractivity contribution in [3.05, 3.63) is 69.2 Å². The first-order valence-electron chi connectivity index (χ1n) is 8.41. The molecular formula is C20H17Cl2NO3. The number of piperidine rings is 1. The number of ketones is 2. The molecule has 0 spiro atoms. The van der Waals surface area contributed by atoms with Crippen LogP contribution in [0.3, 0.4) is 0 Å². The van der Waals surface area contributed by atoms with Crippen LogP contribution in [0.2, 0.25) is 10.0 Å². The maximum Gasteiger partial charge on any atom is 0.254 e. The van der Waals surface area contributed by atoms with Gasteiger partial charge >= 0.3 is 0 Å². The van der Waals surface area contributed by atoms with Gasteiger partial charge < -0.3 is 4.90 Å². The summed E-state index contributed by atoms with van der Waals surface area (Å²) in [5, 5.41) is 0.499. The summed E-state index contributed by atoms with van der Waals surface area (Å²) in [5.41, 5.74) is 0.511. The third-order valence-electron chi connectivity index (χ3n) is 4.43. The summed E-state index contributed by atoms with van der Waals surface area (Å²) in [6, 6.07) is 10.7. The van der Waals surface area contributed by atoms with E-state index in [1.807, 2.05) is 0 Å². The highest BCUT2D eigenvalue weighted by Gasteiger charge is 2.26. The number of amides is 1. The van der Waals surface area contributed by atoms with Gasteiger partial charge in [-0.1, -0.05) is 41.4 Å². The van der Waals surface area contributed by atoms with Crippen LogP contribution in [0.1, 0.15) is 50.3 Å². The SMILES string of the molecule is O=C(C(=O)c1ccccc1C(=O)N1CCCCC1)c1ccc(Cl)c(Cl)c1. The van der Waals surface area contributed by atoms with Crippen molar-refractivity contribution in [3.63, 3.8) is 0 Å². The van der Waals surface area contributed by atoms with Crippen LogP contribution in [0.25, 0.3) is 0 Å². The average molecular weight is 390 g/mol. The molecule has 0 saturated carbocycles. The number of benzene rings is 2. The van der Waals surface area contributed by atoms with Gasteiger partial charge in [0.25, 0.3) is 5.91 Å². The molecule has 3 rings (SSSR count). The number of rotatable bonds is 4. The summed E-state index contributed by atoms with van der Waals surface area (Å²) in [7, 11) is 0. The Morgan fingerprint density at radius 2 is 1.42 bits per heavy atom. The van der Waals surface area contributed by atoms with Gasteiger partial charge in [0.2, 0.25) is 11.6 Å². The summed E-state index contributed by atoms with van der Waals surface area (Å²) in [4.78, 5) is 39.9. The van der Waals surface area contributed by atoms with Crippen LogP contribution in [0, 0.1) is 0 Å². The molecular weight excluding hydrogens is 373 g/mol. The Hall–Kier alpha value is -2.17. The van der Waals surface area contributed by atoms with Gasteiger partial charge in [0, 0.05) is 24.2 Å². The van der Waals surface area contributed by atoms with Crippen LogP contribution in [-0.4, -0.2) is 35.5 Å². The molecule has 0 radical (unpaired) electrons. The van der Waals surface area contributed by atoms with E-state index in [0.29, 0.717) is 18.1 Å².